The van der Waals surface area contributed by atoms with E-state index >= 15 is 0 Å². The van der Waals surface area contributed by atoms with Gasteiger partial charge in [0.2, 0.25) is 5.79 Å². The molecule has 0 unspecified atom stereocenters. The van der Waals surface area contributed by atoms with E-state index < -0.39 is 55.2 Å². The number of esters is 3. The smallest absolute Gasteiger partial charge is 0.303 e. The van der Waals surface area contributed by atoms with Crippen LogP contribution in [0.15, 0.2) is 0 Å². The number of ether oxygens (including phenoxy) is 4. The molecule has 1 saturated heterocycles. The number of carbonyl (C=O) groups excluding carboxylic acids is 3. The maximum atomic E-state index is 11.2. The van der Waals surface area contributed by atoms with Crippen molar-refractivity contribution in [3.63, 3.8) is 0 Å². The van der Waals surface area contributed by atoms with E-state index in [0.29, 0.717) is 0 Å². The highest BCUT2D eigenvalue weighted by Crippen LogP contribution is 2.34. The Morgan fingerprint density at radius 1 is 1.10 bits per heavy atom. The molecule has 0 amide bonds. The van der Waals surface area contributed by atoms with Gasteiger partial charge < -0.3 is 29.2 Å². The highest BCUT2D eigenvalue weighted by atomic mass is 16.7. The van der Waals surface area contributed by atoms with Crippen molar-refractivity contribution < 1.29 is 43.5 Å². The van der Waals surface area contributed by atoms with Crippen LogP contribution in [-0.2, 0) is 33.3 Å². The molecule has 1 aliphatic rings. The van der Waals surface area contributed by atoms with Crippen molar-refractivity contribution in [2.45, 2.75) is 44.9 Å². The molecule has 0 saturated carbocycles. The summed E-state index contributed by atoms with van der Waals surface area (Å²) in [6.07, 6.45) is -3.79. The third kappa shape index (κ3) is 4.38. The highest BCUT2D eigenvalue weighted by Gasteiger charge is 2.59. The summed E-state index contributed by atoms with van der Waals surface area (Å²) >= 11 is 0. The van der Waals surface area contributed by atoms with Gasteiger partial charge in [0.05, 0.1) is 6.61 Å². The maximum Gasteiger partial charge on any atom is 0.303 e. The molecule has 0 aromatic heterocycles. The van der Waals surface area contributed by atoms with Gasteiger partial charge in [-0.25, -0.2) is 0 Å². The molecule has 2 N–H and O–H groups in total. The number of aliphatic hydroxyl groups is 2. The third-order valence-electron chi connectivity index (χ3n) is 2.72. The fourth-order valence-corrected chi connectivity index (χ4v) is 1.98. The van der Waals surface area contributed by atoms with E-state index in [4.69, 9.17) is 14.2 Å². The first kappa shape index (κ1) is 17.3. The number of hydrogen-bond donors (Lipinski definition) is 2. The van der Waals surface area contributed by atoms with Gasteiger partial charge in [-0.3, -0.25) is 14.4 Å². The molecule has 1 heterocycles. The minimum absolute atomic E-state index is 0.599. The largest absolute Gasteiger partial charge is 0.460 e. The molecule has 9 nitrogen and oxygen atoms in total. The second-order valence-electron chi connectivity index (χ2n) is 4.57. The molecular formula is C12H18O9. The van der Waals surface area contributed by atoms with Gasteiger partial charge in [0, 0.05) is 20.8 Å². The molecule has 0 aromatic rings. The van der Waals surface area contributed by atoms with Gasteiger partial charge in [0.15, 0.2) is 12.2 Å². The summed E-state index contributed by atoms with van der Waals surface area (Å²) in [5.74, 6) is -4.38. The first-order valence-electron chi connectivity index (χ1n) is 6.18. The molecule has 120 valence electrons. The molecule has 0 bridgehead atoms. The summed E-state index contributed by atoms with van der Waals surface area (Å²) in [6.45, 7) is 2.07. The second-order valence-corrected chi connectivity index (χ2v) is 4.57. The SMILES string of the molecule is CC(=O)OC[C@]1(O)O[C@H](CO)[C@@H](OC(C)=O)[C@@H]1OC(C)=O. The lowest BCUT2D eigenvalue weighted by atomic mass is 10.1. The number of rotatable bonds is 5. The second kappa shape index (κ2) is 6.83. The average molecular weight is 306 g/mol. The van der Waals surface area contributed by atoms with Crippen molar-refractivity contribution in [1.29, 1.82) is 0 Å². The Balaban J connectivity index is 3.01. The molecule has 4 atom stereocenters. The van der Waals surface area contributed by atoms with Crippen LogP contribution in [0.25, 0.3) is 0 Å². The third-order valence-corrected chi connectivity index (χ3v) is 2.72. The highest BCUT2D eigenvalue weighted by molar-refractivity contribution is 5.68. The number of hydrogen-bond acceptors (Lipinski definition) is 9. The first-order chi connectivity index (χ1) is 9.69. The average Bonchev–Trinajstić information content (AvgIpc) is 2.61. The molecule has 1 rings (SSSR count). The monoisotopic (exact) mass is 306 g/mol. The lowest BCUT2D eigenvalue weighted by Crippen LogP contribution is -2.50. The Morgan fingerprint density at radius 3 is 2.10 bits per heavy atom. The lowest BCUT2D eigenvalue weighted by Gasteiger charge is -2.28. The maximum absolute atomic E-state index is 11.2. The Hall–Kier alpha value is -1.71. The minimum Gasteiger partial charge on any atom is -0.460 e. The van der Waals surface area contributed by atoms with Crippen LogP contribution in [-0.4, -0.2) is 65.4 Å². The lowest BCUT2D eigenvalue weighted by molar-refractivity contribution is -0.257. The zero-order valence-electron chi connectivity index (χ0n) is 11.9. The summed E-state index contributed by atoms with van der Waals surface area (Å²) in [5, 5.41) is 19.6. The summed E-state index contributed by atoms with van der Waals surface area (Å²) in [6, 6.07) is 0. The van der Waals surface area contributed by atoms with Crippen LogP contribution in [0.5, 0.6) is 0 Å². The van der Waals surface area contributed by atoms with E-state index in [9.17, 15) is 24.6 Å². The van der Waals surface area contributed by atoms with E-state index in [-0.39, 0.29) is 0 Å². The first-order valence-corrected chi connectivity index (χ1v) is 6.18. The van der Waals surface area contributed by atoms with Crippen LogP contribution in [0, 0.1) is 0 Å². The Labute approximate surface area is 120 Å². The Kier molecular flexibility index (Phi) is 5.64. The van der Waals surface area contributed by atoms with Gasteiger partial charge in [-0.15, -0.1) is 0 Å². The molecule has 9 heteroatoms. The molecule has 0 spiro atoms. The predicted octanol–water partition coefficient (Wildman–Crippen LogP) is -1.51. The Bertz CT molecular complexity index is 421. The number of carbonyl (C=O) groups is 3. The van der Waals surface area contributed by atoms with Crippen molar-refractivity contribution in [3.8, 4) is 0 Å². The van der Waals surface area contributed by atoms with E-state index in [1.165, 1.54) is 0 Å². The standard InChI is InChI=1S/C12H18O9/c1-6(14)18-5-12(17)11(20-8(3)16)10(19-7(2)15)9(4-13)21-12/h9-11,13,17H,4-5H2,1-3H3/t9-,10-,11+,12+/m1/s1. The fourth-order valence-electron chi connectivity index (χ4n) is 1.98. The van der Waals surface area contributed by atoms with E-state index in [0.717, 1.165) is 20.8 Å². The predicted molar refractivity (Wildman–Crippen MR) is 64.6 cm³/mol. The molecular weight excluding hydrogens is 288 g/mol. The zero-order valence-corrected chi connectivity index (χ0v) is 11.9. The van der Waals surface area contributed by atoms with Crippen molar-refractivity contribution in [2.24, 2.45) is 0 Å². The van der Waals surface area contributed by atoms with Crippen LogP contribution in [0.1, 0.15) is 20.8 Å². The van der Waals surface area contributed by atoms with Gasteiger partial charge in [0.25, 0.3) is 0 Å². The molecule has 1 aliphatic heterocycles. The molecule has 0 aliphatic carbocycles. The van der Waals surface area contributed by atoms with Crippen molar-refractivity contribution in [1.82, 2.24) is 0 Å². The molecule has 0 aromatic carbocycles. The van der Waals surface area contributed by atoms with Gasteiger partial charge >= 0.3 is 17.9 Å². The molecule has 0 radical (unpaired) electrons. The van der Waals surface area contributed by atoms with Crippen LogP contribution in [0.3, 0.4) is 0 Å². The summed E-state index contributed by atoms with van der Waals surface area (Å²) in [5.41, 5.74) is 0. The van der Waals surface area contributed by atoms with Crippen molar-refractivity contribution >= 4 is 17.9 Å². The van der Waals surface area contributed by atoms with E-state index in [1.54, 1.807) is 0 Å². The Morgan fingerprint density at radius 2 is 1.67 bits per heavy atom. The van der Waals surface area contributed by atoms with Gasteiger partial charge in [-0.05, 0) is 0 Å². The topological polar surface area (TPSA) is 129 Å². The normalized spacial score (nSPS) is 31.6. The molecule has 1 fully saturated rings. The van der Waals surface area contributed by atoms with Crippen molar-refractivity contribution in [2.75, 3.05) is 13.2 Å². The number of aliphatic hydroxyl groups excluding tert-OH is 1. The minimum atomic E-state index is -2.22. The van der Waals surface area contributed by atoms with Gasteiger partial charge in [-0.1, -0.05) is 0 Å². The van der Waals surface area contributed by atoms with Crippen LogP contribution in [0.2, 0.25) is 0 Å². The van der Waals surface area contributed by atoms with Crippen LogP contribution < -0.4 is 0 Å². The van der Waals surface area contributed by atoms with Crippen LogP contribution >= 0.6 is 0 Å². The summed E-state index contributed by atoms with van der Waals surface area (Å²) in [4.78, 5) is 33.1. The molecule has 21 heavy (non-hydrogen) atoms. The fraction of sp³-hybridized carbons (Fsp3) is 0.750. The quantitative estimate of drug-likeness (QED) is 0.460. The van der Waals surface area contributed by atoms with Gasteiger partial charge in [-0.2, -0.15) is 0 Å². The van der Waals surface area contributed by atoms with E-state index in [1.807, 2.05) is 0 Å². The van der Waals surface area contributed by atoms with Crippen molar-refractivity contribution in [3.05, 3.63) is 0 Å². The zero-order chi connectivity index (χ0) is 16.2. The summed E-state index contributed by atoms with van der Waals surface area (Å²) in [7, 11) is 0. The van der Waals surface area contributed by atoms with E-state index in [2.05, 4.69) is 4.74 Å². The van der Waals surface area contributed by atoms with Crippen LogP contribution in [0.4, 0.5) is 0 Å². The van der Waals surface area contributed by atoms with Gasteiger partial charge in [0.1, 0.15) is 12.7 Å². The summed E-state index contributed by atoms with van der Waals surface area (Å²) < 4.78 is 19.6.